The summed E-state index contributed by atoms with van der Waals surface area (Å²) < 4.78 is 2.02. The van der Waals surface area contributed by atoms with Crippen molar-refractivity contribution in [3.63, 3.8) is 0 Å². The Bertz CT molecular complexity index is 590. The number of imidazole rings is 1. The fourth-order valence-electron chi connectivity index (χ4n) is 3.20. The third-order valence-corrected chi connectivity index (χ3v) is 4.38. The number of aromatic hydroxyl groups is 1. The zero-order valence-electron chi connectivity index (χ0n) is 12.3. The Hall–Kier alpha value is -1.55. The largest absolute Gasteiger partial charge is 0.506 e. The number of pyridine rings is 1. The Morgan fingerprint density at radius 3 is 3.10 bits per heavy atom. The van der Waals surface area contributed by atoms with Crippen LogP contribution in [0.3, 0.4) is 0 Å². The molecule has 1 unspecified atom stereocenters. The van der Waals surface area contributed by atoms with Gasteiger partial charge < -0.3 is 14.4 Å². The molecule has 4 heteroatoms. The summed E-state index contributed by atoms with van der Waals surface area (Å²) in [7, 11) is 0. The smallest absolute Gasteiger partial charge is 0.141 e. The standard InChI is InChI=1S/C16H23N3O/c1-12(2)18-7-3-5-13(11-18)9-16-17-10-14-15(20)6-4-8-19(14)16/h4,6,8,10,12-13,20H,3,5,7,9,11H2,1-2H3. The van der Waals surface area contributed by atoms with Crippen LogP contribution in [0.4, 0.5) is 0 Å². The van der Waals surface area contributed by atoms with Crippen molar-refractivity contribution >= 4 is 5.52 Å². The van der Waals surface area contributed by atoms with Crippen molar-refractivity contribution in [2.45, 2.75) is 39.2 Å². The number of hydrogen-bond acceptors (Lipinski definition) is 3. The normalized spacial score (nSPS) is 20.9. The minimum absolute atomic E-state index is 0.304. The van der Waals surface area contributed by atoms with Crippen LogP contribution in [-0.2, 0) is 6.42 Å². The van der Waals surface area contributed by atoms with Crippen LogP contribution in [-0.4, -0.2) is 38.5 Å². The summed E-state index contributed by atoms with van der Waals surface area (Å²) in [6.45, 7) is 6.92. The third kappa shape index (κ3) is 2.52. The van der Waals surface area contributed by atoms with E-state index in [9.17, 15) is 5.11 Å². The summed E-state index contributed by atoms with van der Waals surface area (Å²) in [6, 6.07) is 4.20. The molecule has 2 aromatic rings. The van der Waals surface area contributed by atoms with Crippen molar-refractivity contribution in [1.82, 2.24) is 14.3 Å². The van der Waals surface area contributed by atoms with Gasteiger partial charge in [0.15, 0.2) is 0 Å². The quantitative estimate of drug-likeness (QED) is 0.934. The van der Waals surface area contributed by atoms with Gasteiger partial charge >= 0.3 is 0 Å². The molecule has 1 atom stereocenters. The molecule has 3 heterocycles. The second kappa shape index (κ2) is 5.44. The minimum Gasteiger partial charge on any atom is -0.506 e. The molecule has 0 saturated carbocycles. The molecule has 20 heavy (non-hydrogen) atoms. The average molecular weight is 273 g/mol. The number of piperidine rings is 1. The molecule has 3 rings (SSSR count). The molecule has 1 saturated heterocycles. The van der Waals surface area contributed by atoms with Gasteiger partial charge in [0.1, 0.15) is 17.1 Å². The van der Waals surface area contributed by atoms with Gasteiger partial charge in [-0.15, -0.1) is 0 Å². The maximum atomic E-state index is 9.84. The van der Waals surface area contributed by atoms with E-state index >= 15 is 0 Å². The maximum absolute atomic E-state index is 9.84. The lowest BCUT2D eigenvalue weighted by atomic mass is 9.93. The molecule has 1 N–H and O–H groups in total. The zero-order chi connectivity index (χ0) is 14.1. The minimum atomic E-state index is 0.304. The monoisotopic (exact) mass is 273 g/mol. The Morgan fingerprint density at radius 1 is 1.45 bits per heavy atom. The van der Waals surface area contributed by atoms with Gasteiger partial charge in [0, 0.05) is 25.2 Å². The zero-order valence-corrected chi connectivity index (χ0v) is 12.3. The number of likely N-dealkylation sites (tertiary alicyclic amines) is 1. The van der Waals surface area contributed by atoms with E-state index in [1.165, 1.54) is 19.4 Å². The molecular formula is C16H23N3O. The lowest BCUT2D eigenvalue weighted by molar-refractivity contribution is 0.138. The molecule has 0 amide bonds. The van der Waals surface area contributed by atoms with Gasteiger partial charge in [-0.05, 0) is 51.3 Å². The lowest BCUT2D eigenvalue weighted by Gasteiger charge is -2.35. The van der Waals surface area contributed by atoms with E-state index in [4.69, 9.17) is 0 Å². The first kappa shape index (κ1) is 13.4. The van der Waals surface area contributed by atoms with Gasteiger partial charge in [-0.2, -0.15) is 0 Å². The van der Waals surface area contributed by atoms with Crippen molar-refractivity contribution in [3.05, 3.63) is 30.4 Å². The number of fused-ring (bicyclic) bond motifs is 1. The Morgan fingerprint density at radius 2 is 2.30 bits per heavy atom. The summed E-state index contributed by atoms with van der Waals surface area (Å²) in [6.07, 6.45) is 7.29. The highest BCUT2D eigenvalue weighted by atomic mass is 16.3. The van der Waals surface area contributed by atoms with Crippen LogP contribution >= 0.6 is 0 Å². The second-order valence-corrected chi connectivity index (χ2v) is 6.12. The fourth-order valence-corrected chi connectivity index (χ4v) is 3.20. The molecule has 4 nitrogen and oxygen atoms in total. The summed E-state index contributed by atoms with van der Waals surface area (Å²) in [5.41, 5.74) is 0.805. The van der Waals surface area contributed by atoms with E-state index in [0.717, 1.165) is 24.3 Å². The Labute approximate surface area is 120 Å². The average Bonchev–Trinajstić information content (AvgIpc) is 2.84. The predicted octanol–water partition coefficient (Wildman–Crippen LogP) is 2.70. The van der Waals surface area contributed by atoms with Crippen molar-refractivity contribution in [2.24, 2.45) is 5.92 Å². The molecule has 1 aliphatic heterocycles. The van der Waals surface area contributed by atoms with Crippen molar-refractivity contribution < 1.29 is 5.11 Å². The van der Waals surface area contributed by atoms with Crippen LogP contribution in [0.15, 0.2) is 24.5 Å². The Balaban J connectivity index is 1.78. The van der Waals surface area contributed by atoms with E-state index in [0.29, 0.717) is 17.7 Å². The summed E-state index contributed by atoms with van der Waals surface area (Å²) in [5, 5.41) is 9.84. The Kier molecular flexibility index (Phi) is 3.66. The molecule has 108 valence electrons. The molecule has 1 fully saturated rings. The van der Waals surface area contributed by atoms with E-state index in [-0.39, 0.29) is 0 Å². The van der Waals surface area contributed by atoms with Crippen LogP contribution in [0, 0.1) is 5.92 Å². The van der Waals surface area contributed by atoms with Gasteiger partial charge in [0.2, 0.25) is 0 Å². The van der Waals surface area contributed by atoms with Gasteiger partial charge in [-0.3, -0.25) is 0 Å². The molecule has 0 aromatic carbocycles. The van der Waals surface area contributed by atoms with Crippen LogP contribution < -0.4 is 0 Å². The molecular weight excluding hydrogens is 250 g/mol. The molecule has 0 bridgehead atoms. The fraction of sp³-hybridized carbons (Fsp3) is 0.562. The molecule has 1 aliphatic rings. The molecule has 0 spiro atoms. The maximum Gasteiger partial charge on any atom is 0.141 e. The highest BCUT2D eigenvalue weighted by Crippen LogP contribution is 2.24. The SMILES string of the molecule is CC(C)N1CCCC(Cc2ncc3c(O)cccn23)C1. The highest BCUT2D eigenvalue weighted by Gasteiger charge is 2.23. The number of rotatable bonds is 3. The number of aromatic nitrogens is 2. The summed E-state index contributed by atoms with van der Waals surface area (Å²) in [4.78, 5) is 7.06. The van der Waals surface area contributed by atoms with Gasteiger partial charge in [0.25, 0.3) is 0 Å². The van der Waals surface area contributed by atoms with Crippen molar-refractivity contribution in [3.8, 4) is 5.75 Å². The molecule has 0 aliphatic carbocycles. The number of hydrogen-bond donors (Lipinski definition) is 1. The van der Waals surface area contributed by atoms with Crippen molar-refractivity contribution in [1.29, 1.82) is 0 Å². The van der Waals surface area contributed by atoms with Crippen LogP contribution in [0.2, 0.25) is 0 Å². The highest BCUT2D eigenvalue weighted by molar-refractivity contribution is 5.58. The van der Waals surface area contributed by atoms with Crippen LogP contribution in [0.25, 0.3) is 5.52 Å². The van der Waals surface area contributed by atoms with E-state index in [2.05, 4.69) is 23.7 Å². The van der Waals surface area contributed by atoms with E-state index in [1.54, 1.807) is 12.3 Å². The van der Waals surface area contributed by atoms with Gasteiger partial charge in [0.05, 0.1) is 6.20 Å². The first-order valence-corrected chi connectivity index (χ1v) is 7.53. The topological polar surface area (TPSA) is 40.8 Å². The van der Waals surface area contributed by atoms with E-state index < -0.39 is 0 Å². The van der Waals surface area contributed by atoms with Gasteiger partial charge in [-0.1, -0.05) is 0 Å². The first-order chi connectivity index (χ1) is 9.65. The molecule has 2 aromatic heterocycles. The van der Waals surface area contributed by atoms with E-state index in [1.807, 2.05) is 16.7 Å². The van der Waals surface area contributed by atoms with Crippen LogP contribution in [0.1, 0.15) is 32.5 Å². The number of nitrogens with zero attached hydrogens (tertiary/aromatic N) is 3. The first-order valence-electron chi connectivity index (χ1n) is 7.53. The lowest BCUT2D eigenvalue weighted by Crippen LogP contribution is -2.40. The second-order valence-electron chi connectivity index (χ2n) is 6.12. The van der Waals surface area contributed by atoms with Crippen LogP contribution in [0.5, 0.6) is 5.75 Å². The summed E-state index contributed by atoms with van der Waals surface area (Å²) in [5.74, 6) is 2.03. The molecule has 0 radical (unpaired) electrons. The summed E-state index contributed by atoms with van der Waals surface area (Å²) >= 11 is 0. The third-order valence-electron chi connectivity index (χ3n) is 4.38. The van der Waals surface area contributed by atoms with Crippen molar-refractivity contribution in [2.75, 3.05) is 13.1 Å². The predicted molar refractivity (Wildman–Crippen MR) is 80.0 cm³/mol. The van der Waals surface area contributed by atoms with Gasteiger partial charge in [-0.25, -0.2) is 4.98 Å².